The Bertz CT molecular complexity index is 401. The van der Waals surface area contributed by atoms with Gasteiger partial charge in [-0.2, -0.15) is 18.4 Å². The number of thiocarbonyl (C=S) groups is 1. The van der Waals surface area contributed by atoms with Crippen LogP contribution in [0.5, 0.6) is 0 Å². The summed E-state index contributed by atoms with van der Waals surface area (Å²) in [5.74, 6) is 0. The van der Waals surface area contributed by atoms with E-state index in [2.05, 4.69) is 12.2 Å². The number of rotatable bonds is 0. The molecule has 0 bridgehead atoms. The van der Waals surface area contributed by atoms with Crippen molar-refractivity contribution >= 4 is 17.4 Å². The Kier molecular flexibility index (Phi) is 5.24. The zero-order valence-electron chi connectivity index (χ0n) is 7.30. The Morgan fingerprint density at radius 1 is 1.27 bits per heavy atom. The van der Waals surface area contributed by atoms with Gasteiger partial charge < -0.3 is 0 Å². The molecule has 15 heavy (non-hydrogen) atoms. The predicted molar refractivity (Wildman–Crippen MR) is 51.5 cm³/mol. The van der Waals surface area contributed by atoms with Gasteiger partial charge in [0.1, 0.15) is 0 Å². The molecular formula is C9H5F3N2S. The van der Waals surface area contributed by atoms with Crippen LogP contribution >= 0.6 is 12.2 Å². The molecule has 0 aliphatic carbocycles. The molecule has 0 unspecified atom stereocenters. The van der Waals surface area contributed by atoms with Crippen LogP contribution in [0.3, 0.4) is 0 Å². The largest absolute Gasteiger partial charge is 0.417 e. The highest BCUT2D eigenvalue weighted by Crippen LogP contribution is 2.31. The monoisotopic (exact) mass is 230 g/mol. The maximum Gasteiger partial charge on any atom is 0.417 e. The standard InChI is InChI=1S/C8H4F3N.CHNS/c9-8(10,11)7-4-2-1-3-6(7)5-12;2-1-3/h1-4H;2H. The molecule has 0 heterocycles. The van der Waals surface area contributed by atoms with Crippen molar-refractivity contribution < 1.29 is 13.2 Å². The van der Waals surface area contributed by atoms with E-state index in [1.54, 1.807) is 5.16 Å². The lowest BCUT2D eigenvalue weighted by Gasteiger charge is -2.06. The number of halogens is 3. The number of nitrogens with one attached hydrogen (secondary N) is 1. The van der Waals surface area contributed by atoms with Crippen molar-refractivity contribution in [3.63, 3.8) is 0 Å². The Hall–Kier alpha value is -1.70. The molecule has 1 aromatic carbocycles. The van der Waals surface area contributed by atoms with Crippen molar-refractivity contribution in [2.24, 2.45) is 0 Å². The van der Waals surface area contributed by atoms with Crippen molar-refractivity contribution in [1.82, 2.24) is 0 Å². The SMILES string of the molecule is N#Cc1ccccc1C(F)(F)F.N=C=S. The fourth-order valence-electron chi connectivity index (χ4n) is 0.828. The fraction of sp³-hybridized carbons (Fsp3) is 0.111. The lowest BCUT2D eigenvalue weighted by atomic mass is 10.1. The van der Waals surface area contributed by atoms with Crippen LogP contribution in [0.2, 0.25) is 0 Å². The van der Waals surface area contributed by atoms with Crippen molar-refractivity contribution in [3.05, 3.63) is 35.4 Å². The molecule has 0 saturated carbocycles. The summed E-state index contributed by atoms with van der Waals surface area (Å²) in [7, 11) is 0. The van der Waals surface area contributed by atoms with Gasteiger partial charge in [-0.1, -0.05) is 12.1 Å². The van der Waals surface area contributed by atoms with E-state index in [9.17, 15) is 13.2 Å². The smallest absolute Gasteiger partial charge is 0.248 e. The minimum Gasteiger partial charge on any atom is -0.248 e. The Labute approximate surface area is 89.5 Å². The predicted octanol–water partition coefficient (Wildman–Crippen LogP) is 3.25. The molecule has 78 valence electrons. The summed E-state index contributed by atoms with van der Waals surface area (Å²) in [4.78, 5) is 0. The number of nitriles is 1. The molecule has 0 aliphatic heterocycles. The summed E-state index contributed by atoms with van der Waals surface area (Å²) < 4.78 is 36.3. The molecular weight excluding hydrogens is 225 g/mol. The second kappa shape index (κ2) is 5.91. The van der Waals surface area contributed by atoms with Gasteiger partial charge >= 0.3 is 6.18 Å². The Morgan fingerprint density at radius 2 is 1.73 bits per heavy atom. The average molecular weight is 230 g/mol. The number of alkyl halides is 3. The average Bonchev–Trinajstić information content (AvgIpc) is 2.18. The van der Waals surface area contributed by atoms with Crippen LogP contribution < -0.4 is 0 Å². The second-order valence-corrected chi connectivity index (χ2v) is 2.46. The molecule has 0 radical (unpaired) electrons. The lowest BCUT2D eigenvalue weighted by Crippen LogP contribution is -2.06. The first-order valence-corrected chi connectivity index (χ1v) is 3.98. The third-order valence-electron chi connectivity index (χ3n) is 1.35. The van der Waals surface area contributed by atoms with Crippen molar-refractivity contribution in [1.29, 1.82) is 10.7 Å². The maximum absolute atomic E-state index is 12.1. The molecule has 0 saturated heterocycles. The molecule has 1 rings (SSSR count). The van der Waals surface area contributed by atoms with E-state index >= 15 is 0 Å². The fourth-order valence-corrected chi connectivity index (χ4v) is 0.828. The first kappa shape index (κ1) is 13.3. The molecule has 0 fully saturated rings. The van der Waals surface area contributed by atoms with Crippen molar-refractivity contribution in [2.45, 2.75) is 6.18 Å². The van der Waals surface area contributed by atoms with Crippen LogP contribution in [0.25, 0.3) is 0 Å². The van der Waals surface area contributed by atoms with Gasteiger partial charge in [-0.25, -0.2) is 5.41 Å². The van der Waals surface area contributed by atoms with Crippen LogP contribution in [0.4, 0.5) is 13.2 Å². The summed E-state index contributed by atoms with van der Waals surface area (Å²) in [6.45, 7) is 0. The zero-order chi connectivity index (χ0) is 11.9. The number of isothiocyanates is 1. The summed E-state index contributed by atoms with van der Waals surface area (Å²) in [6.07, 6.45) is -4.44. The highest BCUT2D eigenvalue weighted by atomic mass is 32.1. The van der Waals surface area contributed by atoms with Crippen molar-refractivity contribution in [2.75, 3.05) is 0 Å². The van der Waals surface area contributed by atoms with Crippen molar-refractivity contribution in [3.8, 4) is 6.07 Å². The van der Waals surface area contributed by atoms with Gasteiger partial charge in [-0.15, -0.1) is 0 Å². The maximum atomic E-state index is 12.1. The van der Waals surface area contributed by atoms with Gasteiger partial charge in [-0.05, 0) is 24.4 Å². The van der Waals surface area contributed by atoms with Gasteiger partial charge in [0.2, 0.25) is 0 Å². The van der Waals surface area contributed by atoms with Gasteiger partial charge in [0.05, 0.1) is 22.4 Å². The summed E-state index contributed by atoms with van der Waals surface area (Å²) in [6, 6.07) is 6.16. The van der Waals surface area contributed by atoms with Crippen LogP contribution in [-0.4, -0.2) is 5.16 Å². The second-order valence-electron chi connectivity index (χ2n) is 2.26. The topological polar surface area (TPSA) is 47.6 Å². The van der Waals surface area contributed by atoms with E-state index in [-0.39, 0.29) is 5.56 Å². The molecule has 0 atom stereocenters. The van der Waals surface area contributed by atoms with Gasteiger partial charge in [0, 0.05) is 0 Å². The van der Waals surface area contributed by atoms with Crippen LogP contribution in [0.15, 0.2) is 24.3 Å². The lowest BCUT2D eigenvalue weighted by molar-refractivity contribution is -0.137. The number of benzene rings is 1. The number of hydrogen-bond donors (Lipinski definition) is 1. The first-order chi connectivity index (χ1) is 6.97. The van der Waals surface area contributed by atoms with E-state index < -0.39 is 11.7 Å². The zero-order valence-corrected chi connectivity index (χ0v) is 8.12. The third kappa shape index (κ3) is 4.36. The Morgan fingerprint density at radius 3 is 2.07 bits per heavy atom. The first-order valence-electron chi connectivity index (χ1n) is 3.57. The molecule has 0 aromatic heterocycles. The summed E-state index contributed by atoms with van der Waals surface area (Å²) in [5.41, 5.74) is -1.22. The molecule has 1 aromatic rings. The van der Waals surface area contributed by atoms with Crippen LogP contribution in [0, 0.1) is 16.7 Å². The van der Waals surface area contributed by atoms with E-state index in [1.807, 2.05) is 0 Å². The minimum absolute atomic E-state index is 0.343. The molecule has 2 nitrogen and oxygen atoms in total. The minimum atomic E-state index is -4.44. The normalized spacial score (nSPS) is 9.20. The third-order valence-corrected chi connectivity index (χ3v) is 1.35. The van der Waals surface area contributed by atoms with Crippen LogP contribution in [-0.2, 0) is 6.18 Å². The van der Waals surface area contributed by atoms with Gasteiger partial charge in [-0.3, -0.25) is 0 Å². The Balaban J connectivity index is 0.000000583. The molecule has 0 amide bonds. The quantitative estimate of drug-likeness (QED) is 0.549. The molecule has 6 heteroatoms. The van der Waals surface area contributed by atoms with Gasteiger partial charge in [0.15, 0.2) is 0 Å². The number of hydrogen-bond acceptors (Lipinski definition) is 3. The van der Waals surface area contributed by atoms with E-state index in [0.717, 1.165) is 12.1 Å². The molecule has 0 aliphatic rings. The highest BCUT2D eigenvalue weighted by molar-refractivity contribution is 7.78. The van der Waals surface area contributed by atoms with E-state index in [4.69, 9.17) is 10.7 Å². The van der Waals surface area contributed by atoms with E-state index in [1.165, 1.54) is 18.2 Å². The highest BCUT2D eigenvalue weighted by Gasteiger charge is 2.32. The molecule has 0 spiro atoms. The van der Waals surface area contributed by atoms with Crippen LogP contribution in [0.1, 0.15) is 11.1 Å². The molecule has 1 N–H and O–H groups in total. The van der Waals surface area contributed by atoms with Gasteiger partial charge in [0.25, 0.3) is 0 Å². The summed E-state index contributed by atoms with van der Waals surface area (Å²) in [5, 5.41) is 15.7. The number of nitrogens with zero attached hydrogens (tertiary/aromatic N) is 1. The van der Waals surface area contributed by atoms with E-state index in [0.29, 0.717) is 0 Å². The summed E-state index contributed by atoms with van der Waals surface area (Å²) >= 11 is 3.81.